The van der Waals surface area contributed by atoms with Crippen molar-refractivity contribution in [3.8, 4) is 0 Å². The van der Waals surface area contributed by atoms with E-state index in [4.69, 9.17) is 0 Å². The number of nitrogens with one attached hydrogen (secondary N) is 3. The number of nitrogens with zero attached hydrogens (tertiary/aromatic N) is 4. The predicted molar refractivity (Wildman–Crippen MR) is 107 cm³/mol. The predicted octanol–water partition coefficient (Wildman–Crippen LogP) is 2.41. The van der Waals surface area contributed by atoms with Crippen molar-refractivity contribution in [1.29, 1.82) is 0 Å². The Hall–Kier alpha value is -3.00. The summed E-state index contributed by atoms with van der Waals surface area (Å²) in [6.45, 7) is 4.17. The van der Waals surface area contributed by atoms with Crippen molar-refractivity contribution in [2.24, 2.45) is 0 Å². The number of para-hydroxylation sites is 1. The summed E-state index contributed by atoms with van der Waals surface area (Å²) in [5.41, 5.74) is 1.89. The third-order valence-corrected chi connectivity index (χ3v) is 5.31. The summed E-state index contributed by atoms with van der Waals surface area (Å²) >= 11 is 0. The van der Waals surface area contributed by atoms with Gasteiger partial charge in [-0.2, -0.15) is 5.10 Å². The molecular weight excluding hydrogens is 354 g/mol. The zero-order valence-electron chi connectivity index (χ0n) is 15.8. The highest BCUT2D eigenvalue weighted by atomic mass is 16.2. The fourth-order valence-corrected chi connectivity index (χ4v) is 3.65. The number of anilines is 2. The topological polar surface area (TPSA) is 98.8 Å². The highest BCUT2D eigenvalue weighted by molar-refractivity contribution is 5.97. The number of carbonyl (C=O) groups excluding carboxylic acids is 1. The molecule has 1 aliphatic heterocycles. The van der Waals surface area contributed by atoms with Crippen molar-refractivity contribution in [3.05, 3.63) is 41.9 Å². The van der Waals surface area contributed by atoms with Crippen LogP contribution in [0.3, 0.4) is 0 Å². The third kappa shape index (κ3) is 3.31. The van der Waals surface area contributed by atoms with Crippen LogP contribution in [0.1, 0.15) is 42.0 Å². The smallest absolute Gasteiger partial charge is 0.291 e. The van der Waals surface area contributed by atoms with Crippen molar-refractivity contribution in [2.45, 2.75) is 31.7 Å². The number of H-pyrrole nitrogens is 1. The fraction of sp³-hybridized carbons (Fsp3) is 0.400. The summed E-state index contributed by atoms with van der Waals surface area (Å²) in [6.07, 6.45) is 2.42. The highest BCUT2D eigenvalue weighted by Crippen LogP contribution is 2.39. The van der Waals surface area contributed by atoms with Gasteiger partial charge in [-0.1, -0.05) is 12.1 Å². The molecule has 1 amide bonds. The number of aromatic amines is 1. The molecule has 1 atom stereocenters. The Morgan fingerprint density at radius 2 is 2.11 bits per heavy atom. The van der Waals surface area contributed by atoms with E-state index in [1.54, 1.807) is 0 Å². The zero-order valence-corrected chi connectivity index (χ0v) is 15.8. The van der Waals surface area contributed by atoms with Crippen LogP contribution in [0.25, 0.3) is 10.9 Å². The van der Waals surface area contributed by atoms with Gasteiger partial charge in [0, 0.05) is 48.7 Å². The molecule has 2 fully saturated rings. The number of piperazine rings is 1. The van der Waals surface area contributed by atoms with Crippen LogP contribution in [0.5, 0.6) is 0 Å². The average molecular weight is 377 g/mol. The Labute approximate surface area is 162 Å². The first-order valence-corrected chi connectivity index (χ1v) is 9.79. The van der Waals surface area contributed by atoms with Crippen molar-refractivity contribution in [2.75, 3.05) is 25.0 Å². The summed E-state index contributed by atoms with van der Waals surface area (Å²) in [7, 11) is 0. The van der Waals surface area contributed by atoms with Crippen LogP contribution < -0.4 is 10.6 Å². The molecule has 1 aromatic carbocycles. The van der Waals surface area contributed by atoms with E-state index in [1.165, 1.54) is 12.8 Å². The Morgan fingerprint density at radius 1 is 1.25 bits per heavy atom. The van der Waals surface area contributed by atoms with Crippen molar-refractivity contribution in [3.63, 3.8) is 0 Å². The van der Waals surface area contributed by atoms with Gasteiger partial charge in [-0.15, -0.1) is 0 Å². The van der Waals surface area contributed by atoms with Crippen LogP contribution >= 0.6 is 0 Å². The summed E-state index contributed by atoms with van der Waals surface area (Å²) < 4.78 is 0. The molecule has 3 aromatic rings. The molecule has 28 heavy (non-hydrogen) atoms. The van der Waals surface area contributed by atoms with Crippen LogP contribution in [0, 0.1) is 0 Å². The van der Waals surface area contributed by atoms with Crippen molar-refractivity contribution >= 4 is 28.4 Å². The maximum atomic E-state index is 13.0. The number of hydrogen-bond donors (Lipinski definition) is 3. The number of fused-ring (bicyclic) bond motifs is 1. The molecule has 0 radical (unpaired) electrons. The van der Waals surface area contributed by atoms with Gasteiger partial charge in [0.05, 0.1) is 5.52 Å². The van der Waals surface area contributed by atoms with E-state index in [1.807, 2.05) is 35.2 Å². The number of carbonyl (C=O) groups is 1. The Kier molecular flexibility index (Phi) is 4.20. The Bertz CT molecular complexity index is 1030. The van der Waals surface area contributed by atoms with Gasteiger partial charge < -0.3 is 15.5 Å². The molecule has 1 saturated carbocycles. The first kappa shape index (κ1) is 17.1. The lowest BCUT2D eigenvalue weighted by molar-refractivity contribution is 0.0697. The SMILES string of the molecule is C[C@@H]1CN(C(=O)c2nc(Nc3cc(C4CC4)[nH]n3)c3ccccc3n2)CCN1. The summed E-state index contributed by atoms with van der Waals surface area (Å²) in [5.74, 6) is 1.99. The van der Waals surface area contributed by atoms with Gasteiger partial charge in [0.1, 0.15) is 5.82 Å². The molecule has 0 unspecified atom stereocenters. The minimum atomic E-state index is -0.136. The molecule has 5 rings (SSSR count). The average Bonchev–Trinajstić information content (AvgIpc) is 3.46. The molecule has 3 heterocycles. The van der Waals surface area contributed by atoms with E-state index in [2.05, 4.69) is 37.7 Å². The quantitative estimate of drug-likeness (QED) is 0.646. The molecule has 144 valence electrons. The second-order valence-electron chi connectivity index (χ2n) is 7.63. The molecule has 0 bridgehead atoms. The minimum Gasteiger partial charge on any atom is -0.333 e. The Balaban J connectivity index is 1.49. The first-order chi connectivity index (χ1) is 13.7. The van der Waals surface area contributed by atoms with Gasteiger partial charge in [0.2, 0.25) is 5.82 Å². The van der Waals surface area contributed by atoms with E-state index in [-0.39, 0.29) is 17.8 Å². The molecular formula is C20H23N7O. The maximum Gasteiger partial charge on any atom is 0.291 e. The van der Waals surface area contributed by atoms with Crippen molar-refractivity contribution in [1.82, 2.24) is 30.4 Å². The second-order valence-corrected chi connectivity index (χ2v) is 7.63. The van der Waals surface area contributed by atoms with E-state index in [0.717, 1.165) is 23.1 Å². The summed E-state index contributed by atoms with van der Waals surface area (Å²) in [6, 6.07) is 10.00. The number of amides is 1. The number of hydrogen-bond acceptors (Lipinski definition) is 6. The van der Waals surface area contributed by atoms with E-state index in [0.29, 0.717) is 30.6 Å². The summed E-state index contributed by atoms with van der Waals surface area (Å²) in [4.78, 5) is 23.9. The van der Waals surface area contributed by atoms with Gasteiger partial charge in [-0.3, -0.25) is 9.89 Å². The Morgan fingerprint density at radius 3 is 2.93 bits per heavy atom. The van der Waals surface area contributed by atoms with Gasteiger partial charge in [0.25, 0.3) is 5.91 Å². The highest BCUT2D eigenvalue weighted by Gasteiger charge is 2.27. The molecule has 2 aliphatic rings. The van der Waals surface area contributed by atoms with Crippen molar-refractivity contribution < 1.29 is 4.79 Å². The molecule has 8 nitrogen and oxygen atoms in total. The first-order valence-electron chi connectivity index (χ1n) is 9.79. The largest absolute Gasteiger partial charge is 0.333 e. The molecule has 8 heteroatoms. The van der Waals surface area contributed by atoms with Crippen LogP contribution in [0.4, 0.5) is 11.6 Å². The van der Waals surface area contributed by atoms with Gasteiger partial charge >= 0.3 is 0 Å². The van der Waals surface area contributed by atoms with E-state index < -0.39 is 0 Å². The standard InChI is InChI=1S/C20H23N7O/c1-12-11-27(9-8-21-12)20(28)19-22-15-5-3-2-4-14(15)18(24-19)23-17-10-16(25-26-17)13-6-7-13/h2-5,10,12-13,21H,6-9,11H2,1H3,(H2,22,23,24,25,26)/t12-/m1/s1. The lowest BCUT2D eigenvalue weighted by atomic mass is 10.2. The van der Waals surface area contributed by atoms with Crippen LogP contribution in [0.15, 0.2) is 30.3 Å². The second kappa shape index (κ2) is 6.87. The molecule has 2 aromatic heterocycles. The normalized spacial score (nSPS) is 19.8. The van der Waals surface area contributed by atoms with E-state index >= 15 is 0 Å². The fourth-order valence-electron chi connectivity index (χ4n) is 3.65. The molecule has 1 saturated heterocycles. The van der Waals surface area contributed by atoms with Gasteiger partial charge in [-0.25, -0.2) is 9.97 Å². The van der Waals surface area contributed by atoms with Gasteiger partial charge in [-0.05, 0) is 31.9 Å². The monoisotopic (exact) mass is 377 g/mol. The maximum absolute atomic E-state index is 13.0. The lowest BCUT2D eigenvalue weighted by Crippen LogP contribution is -2.51. The summed E-state index contributed by atoms with van der Waals surface area (Å²) in [5, 5.41) is 14.9. The van der Waals surface area contributed by atoms with E-state index in [9.17, 15) is 4.79 Å². The van der Waals surface area contributed by atoms with Crippen LogP contribution in [-0.4, -0.2) is 56.6 Å². The zero-order chi connectivity index (χ0) is 19.1. The lowest BCUT2D eigenvalue weighted by Gasteiger charge is -2.31. The molecule has 1 aliphatic carbocycles. The molecule has 0 spiro atoms. The minimum absolute atomic E-state index is 0.136. The third-order valence-electron chi connectivity index (χ3n) is 5.31. The number of benzene rings is 1. The number of aromatic nitrogens is 4. The van der Waals surface area contributed by atoms with Crippen LogP contribution in [-0.2, 0) is 0 Å². The van der Waals surface area contributed by atoms with Crippen LogP contribution in [0.2, 0.25) is 0 Å². The molecule has 3 N–H and O–H groups in total. The number of rotatable bonds is 4. The van der Waals surface area contributed by atoms with Gasteiger partial charge in [0.15, 0.2) is 5.82 Å².